The van der Waals surface area contributed by atoms with Gasteiger partial charge in [0.1, 0.15) is 18.1 Å². The van der Waals surface area contributed by atoms with E-state index in [4.69, 9.17) is 14.2 Å². The van der Waals surface area contributed by atoms with Crippen LogP contribution < -0.4 is 4.74 Å². The van der Waals surface area contributed by atoms with Gasteiger partial charge in [-0.25, -0.2) is 4.79 Å². The molecule has 0 amide bonds. The quantitative estimate of drug-likeness (QED) is 0.546. The van der Waals surface area contributed by atoms with Crippen molar-refractivity contribution >= 4 is 21.9 Å². The van der Waals surface area contributed by atoms with Gasteiger partial charge in [-0.1, -0.05) is 28.1 Å². The molecule has 24 heavy (non-hydrogen) atoms. The Morgan fingerprint density at radius 1 is 1.08 bits per heavy atom. The van der Waals surface area contributed by atoms with Crippen LogP contribution in [0.3, 0.4) is 0 Å². The number of carbonyl (C=O) groups excluding carboxylic acids is 1. The van der Waals surface area contributed by atoms with Crippen molar-refractivity contribution < 1.29 is 24.1 Å². The minimum atomic E-state index is -0.735. The Labute approximate surface area is 149 Å². The van der Waals surface area contributed by atoms with Crippen LogP contribution in [0.4, 0.5) is 0 Å². The number of hydrogen-bond acceptors (Lipinski definition) is 5. The van der Waals surface area contributed by atoms with Crippen molar-refractivity contribution in [2.75, 3.05) is 13.2 Å². The molecule has 0 aliphatic heterocycles. The van der Waals surface area contributed by atoms with Crippen molar-refractivity contribution in [2.45, 2.75) is 19.6 Å². The van der Waals surface area contributed by atoms with E-state index in [1.807, 2.05) is 24.3 Å². The Morgan fingerprint density at radius 2 is 1.75 bits per heavy atom. The van der Waals surface area contributed by atoms with E-state index in [0.29, 0.717) is 19.0 Å². The Kier molecular flexibility index (Phi) is 7.08. The number of benzene rings is 2. The monoisotopic (exact) mass is 394 g/mol. The molecule has 1 N–H and O–H groups in total. The van der Waals surface area contributed by atoms with Crippen molar-refractivity contribution in [1.82, 2.24) is 0 Å². The van der Waals surface area contributed by atoms with Gasteiger partial charge in [0.05, 0.1) is 13.2 Å². The number of aromatic hydroxyl groups is 1. The number of carbonyl (C=O) groups is 1. The summed E-state index contributed by atoms with van der Waals surface area (Å²) in [5.41, 5.74) is 1.05. The van der Waals surface area contributed by atoms with Gasteiger partial charge in [-0.2, -0.15) is 0 Å². The second-order valence-corrected chi connectivity index (χ2v) is 6.02. The third-order valence-electron chi connectivity index (χ3n) is 3.14. The van der Waals surface area contributed by atoms with Gasteiger partial charge in [-0.05, 0) is 48.9 Å². The number of esters is 1. The first-order valence-electron chi connectivity index (χ1n) is 7.49. The summed E-state index contributed by atoms with van der Waals surface area (Å²) in [6.45, 7) is 2.55. The Hall–Kier alpha value is -2.05. The van der Waals surface area contributed by atoms with Gasteiger partial charge in [0.2, 0.25) is 0 Å². The number of ether oxygens (including phenoxy) is 3. The largest absolute Gasteiger partial charge is 0.508 e. The molecule has 1 unspecified atom stereocenters. The highest BCUT2D eigenvalue weighted by atomic mass is 79.9. The third kappa shape index (κ3) is 6.22. The molecule has 0 fully saturated rings. The summed E-state index contributed by atoms with van der Waals surface area (Å²) in [7, 11) is 0. The number of hydrogen-bond donors (Lipinski definition) is 1. The van der Waals surface area contributed by atoms with Crippen LogP contribution in [0.1, 0.15) is 12.5 Å². The smallest absolute Gasteiger partial charge is 0.347 e. The third-order valence-corrected chi connectivity index (χ3v) is 3.66. The van der Waals surface area contributed by atoms with Crippen LogP contribution in [0.2, 0.25) is 0 Å². The van der Waals surface area contributed by atoms with Crippen LogP contribution in [0.25, 0.3) is 0 Å². The van der Waals surface area contributed by atoms with Crippen LogP contribution in [0.5, 0.6) is 11.5 Å². The van der Waals surface area contributed by atoms with E-state index in [1.165, 1.54) is 12.1 Å². The van der Waals surface area contributed by atoms with Gasteiger partial charge in [0, 0.05) is 4.47 Å². The molecule has 0 saturated heterocycles. The van der Waals surface area contributed by atoms with Gasteiger partial charge >= 0.3 is 5.97 Å². The van der Waals surface area contributed by atoms with Gasteiger partial charge in [-0.3, -0.25) is 0 Å². The molecule has 0 radical (unpaired) electrons. The Balaban J connectivity index is 1.63. The van der Waals surface area contributed by atoms with E-state index in [9.17, 15) is 9.90 Å². The van der Waals surface area contributed by atoms with E-state index >= 15 is 0 Å². The SMILES string of the molecule is CC(Oc1ccc(O)cc1)C(=O)OCCOCc1ccc(Br)cc1. The first kappa shape index (κ1) is 18.3. The summed E-state index contributed by atoms with van der Waals surface area (Å²) in [6, 6.07) is 14.0. The molecule has 6 heteroatoms. The molecule has 1 atom stereocenters. The summed E-state index contributed by atoms with van der Waals surface area (Å²) in [5.74, 6) is 0.166. The second-order valence-electron chi connectivity index (χ2n) is 5.10. The molecule has 0 aliphatic carbocycles. The maximum Gasteiger partial charge on any atom is 0.347 e. The second kappa shape index (κ2) is 9.30. The summed E-state index contributed by atoms with van der Waals surface area (Å²) in [4.78, 5) is 11.8. The topological polar surface area (TPSA) is 65.0 Å². The average Bonchev–Trinajstić information content (AvgIpc) is 2.58. The number of phenolic OH excluding ortho intramolecular Hbond substituents is 1. The lowest BCUT2D eigenvalue weighted by atomic mass is 10.2. The molecule has 0 aliphatic rings. The van der Waals surface area contributed by atoms with Crippen LogP contribution >= 0.6 is 15.9 Å². The normalized spacial score (nSPS) is 11.8. The van der Waals surface area contributed by atoms with E-state index in [2.05, 4.69) is 15.9 Å². The van der Waals surface area contributed by atoms with E-state index < -0.39 is 12.1 Å². The molecule has 0 aromatic heterocycles. The maximum absolute atomic E-state index is 11.8. The van der Waals surface area contributed by atoms with Crippen molar-refractivity contribution in [3.63, 3.8) is 0 Å². The lowest BCUT2D eigenvalue weighted by Gasteiger charge is -2.14. The zero-order valence-corrected chi connectivity index (χ0v) is 14.9. The Morgan fingerprint density at radius 3 is 2.42 bits per heavy atom. The fourth-order valence-electron chi connectivity index (χ4n) is 1.87. The average molecular weight is 395 g/mol. The van der Waals surface area contributed by atoms with Crippen LogP contribution in [0, 0.1) is 0 Å². The molecule has 2 aromatic carbocycles. The fraction of sp³-hybridized carbons (Fsp3) is 0.278. The first-order valence-corrected chi connectivity index (χ1v) is 8.28. The van der Waals surface area contributed by atoms with Crippen LogP contribution in [0.15, 0.2) is 53.0 Å². The molecule has 0 bridgehead atoms. The van der Waals surface area contributed by atoms with Crippen molar-refractivity contribution in [3.8, 4) is 11.5 Å². The molecule has 0 spiro atoms. The van der Waals surface area contributed by atoms with Crippen LogP contribution in [-0.4, -0.2) is 30.4 Å². The molecule has 128 valence electrons. The first-order chi connectivity index (χ1) is 11.5. The highest BCUT2D eigenvalue weighted by Gasteiger charge is 2.16. The van der Waals surface area contributed by atoms with Crippen molar-refractivity contribution in [1.29, 1.82) is 0 Å². The highest BCUT2D eigenvalue weighted by molar-refractivity contribution is 9.10. The summed E-state index contributed by atoms with van der Waals surface area (Å²) < 4.78 is 17.0. The summed E-state index contributed by atoms with van der Waals surface area (Å²) in [5, 5.41) is 9.20. The van der Waals surface area contributed by atoms with Crippen molar-refractivity contribution in [3.05, 3.63) is 58.6 Å². The number of rotatable bonds is 8. The van der Waals surface area contributed by atoms with Gasteiger partial charge < -0.3 is 19.3 Å². The predicted octanol–water partition coefficient (Wildman–Crippen LogP) is 3.68. The minimum absolute atomic E-state index is 0.139. The van der Waals surface area contributed by atoms with E-state index in [-0.39, 0.29) is 12.4 Å². The number of phenols is 1. The van der Waals surface area contributed by atoms with E-state index in [0.717, 1.165) is 10.0 Å². The fourth-order valence-corrected chi connectivity index (χ4v) is 2.13. The molecule has 5 nitrogen and oxygen atoms in total. The predicted molar refractivity (Wildman–Crippen MR) is 93.0 cm³/mol. The van der Waals surface area contributed by atoms with Gasteiger partial charge in [-0.15, -0.1) is 0 Å². The summed E-state index contributed by atoms with van der Waals surface area (Å²) >= 11 is 3.37. The zero-order valence-electron chi connectivity index (χ0n) is 13.3. The molecular formula is C18H19BrO5. The maximum atomic E-state index is 11.8. The molecule has 0 saturated carbocycles. The minimum Gasteiger partial charge on any atom is -0.508 e. The van der Waals surface area contributed by atoms with E-state index in [1.54, 1.807) is 19.1 Å². The number of halogens is 1. The molecule has 2 aromatic rings. The zero-order chi connectivity index (χ0) is 17.4. The highest BCUT2D eigenvalue weighted by Crippen LogP contribution is 2.17. The standard InChI is InChI=1S/C18H19BrO5/c1-13(24-17-8-6-16(20)7-9-17)18(21)23-11-10-22-12-14-2-4-15(19)5-3-14/h2-9,13,20H,10-12H2,1H3. The molecular weight excluding hydrogens is 376 g/mol. The summed E-state index contributed by atoms with van der Waals surface area (Å²) in [6.07, 6.45) is -0.735. The molecule has 2 rings (SSSR count). The Bertz CT molecular complexity index is 639. The lowest BCUT2D eigenvalue weighted by Crippen LogP contribution is -2.27. The lowest BCUT2D eigenvalue weighted by molar-refractivity contribution is -0.152. The van der Waals surface area contributed by atoms with Crippen molar-refractivity contribution in [2.24, 2.45) is 0 Å². The molecule has 0 heterocycles. The van der Waals surface area contributed by atoms with Crippen LogP contribution in [-0.2, 0) is 20.9 Å². The van der Waals surface area contributed by atoms with Gasteiger partial charge in [0.25, 0.3) is 0 Å². The van der Waals surface area contributed by atoms with Gasteiger partial charge in [0.15, 0.2) is 6.10 Å².